The van der Waals surface area contributed by atoms with Crippen LogP contribution in [0.25, 0.3) is 0 Å². The van der Waals surface area contributed by atoms with E-state index >= 15 is 0 Å². The summed E-state index contributed by atoms with van der Waals surface area (Å²) in [5.74, 6) is -0.933. The lowest BCUT2D eigenvalue weighted by atomic mass is 10.2. The smallest absolute Gasteiger partial charge is 0.315 e. The summed E-state index contributed by atoms with van der Waals surface area (Å²) in [6, 6.07) is 16.7. The molecule has 23 heavy (non-hydrogen) atoms. The highest BCUT2D eigenvalue weighted by Gasteiger charge is 2.11. The van der Waals surface area contributed by atoms with Crippen LogP contribution >= 0.6 is 0 Å². The summed E-state index contributed by atoms with van der Waals surface area (Å²) < 4.78 is 5.08. The number of hydrogen-bond donors (Lipinski definition) is 1. The number of esters is 1. The van der Waals surface area contributed by atoms with Crippen molar-refractivity contribution in [2.45, 2.75) is 13.0 Å². The van der Waals surface area contributed by atoms with Gasteiger partial charge in [0.05, 0.1) is 0 Å². The number of nitrogens with one attached hydrogen (secondary N) is 1. The predicted molar refractivity (Wildman–Crippen MR) is 90.3 cm³/mol. The van der Waals surface area contributed by atoms with Gasteiger partial charge in [0, 0.05) is 25.5 Å². The molecule has 2 aromatic rings. The fourth-order valence-corrected chi connectivity index (χ4v) is 1.97. The number of carbonyl (C=O) groups excluding carboxylic acids is 2. The molecule has 1 N–H and O–H groups in total. The van der Waals surface area contributed by atoms with E-state index in [-0.39, 0.29) is 18.9 Å². The predicted octanol–water partition coefficient (Wildman–Crippen LogP) is 2.82. The summed E-state index contributed by atoms with van der Waals surface area (Å²) in [7, 11) is 3.88. The first-order valence-electron chi connectivity index (χ1n) is 7.31. The number of nitrogens with zero attached hydrogens (tertiary/aromatic N) is 1. The number of benzene rings is 2. The minimum Gasteiger partial charge on any atom is -0.460 e. The third-order valence-corrected chi connectivity index (χ3v) is 3.22. The number of hydrogen-bond acceptors (Lipinski definition) is 4. The Morgan fingerprint density at radius 1 is 1.00 bits per heavy atom. The number of ether oxygens (including phenoxy) is 1. The van der Waals surface area contributed by atoms with Crippen molar-refractivity contribution in [3.05, 3.63) is 60.2 Å². The number of anilines is 2. The molecule has 0 radical (unpaired) electrons. The van der Waals surface area contributed by atoms with Crippen molar-refractivity contribution in [1.29, 1.82) is 0 Å². The first-order valence-corrected chi connectivity index (χ1v) is 7.31. The molecule has 0 saturated carbocycles. The molecule has 0 aliphatic heterocycles. The van der Waals surface area contributed by atoms with Crippen molar-refractivity contribution in [3.63, 3.8) is 0 Å². The monoisotopic (exact) mass is 312 g/mol. The van der Waals surface area contributed by atoms with E-state index in [2.05, 4.69) is 5.32 Å². The summed E-state index contributed by atoms with van der Waals surface area (Å²) in [5, 5.41) is 2.68. The summed E-state index contributed by atoms with van der Waals surface area (Å²) in [6.07, 6.45) is -0.303. The molecule has 0 aliphatic carbocycles. The molecule has 5 nitrogen and oxygen atoms in total. The fourth-order valence-electron chi connectivity index (χ4n) is 1.97. The second-order valence-electron chi connectivity index (χ2n) is 5.31. The zero-order chi connectivity index (χ0) is 16.7. The molecule has 0 bridgehead atoms. The van der Waals surface area contributed by atoms with Crippen LogP contribution in [-0.2, 0) is 20.9 Å². The van der Waals surface area contributed by atoms with Crippen LogP contribution < -0.4 is 10.2 Å². The van der Waals surface area contributed by atoms with E-state index in [0.29, 0.717) is 5.69 Å². The van der Waals surface area contributed by atoms with Gasteiger partial charge in [-0.15, -0.1) is 0 Å². The summed E-state index contributed by atoms with van der Waals surface area (Å²) in [4.78, 5) is 25.5. The highest BCUT2D eigenvalue weighted by molar-refractivity contribution is 6.01. The summed E-state index contributed by atoms with van der Waals surface area (Å²) in [5.41, 5.74) is 2.57. The standard InChI is InChI=1S/C18H20N2O3/c1-20(2)16-10-8-15(9-11-16)19-17(21)12-18(22)23-13-14-6-4-3-5-7-14/h3-11H,12-13H2,1-2H3,(H,19,21). The van der Waals surface area contributed by atoms with E-state index < -0.39 is 5.97 Å². The fraction of sp³-hybridized carbons (Fsp3) is 0.222. The molecule has 0 spiro atoms. The summed E-state index contributed by atoms with van der Waals surface area (Å²) >= 11 is 0. The largest absolute Gasteiger partial charge is 0.460 e. The van der Waals surface area contributed by atoms with E-state index in [1.54, 1.807) is 12.1 Å². The normalized spacial score (nSPS) is 10.0. The lowest BCUT2D eigenvalue weighted by Gasteiger charge is -2.13. The zero-order valence-corrected chi connectivity index (χ0v) is 13.3. The Labute approximate surface area is 135 Å². The van der Waals surface area contributed by atoms with Gasteiger partial charge in [0.25, 0.3) is 0 Å². The maximum atomic E-state index is 11.8. The third-order valence-electron chi connectivity index (χ3n) is 3.22. The first-order chi connectivity index (χ1) is 11.0. The third kappa shape index (κ3) is 5.47. The van der Waals surface area contributed by atoms with Crippen LogP contribution in [0, 0.1) is 0 Å². The van der Waals surface area contributed by atoms with Crippen molar-refractivity contribution >= 4 is 23.3 Å². The maximum absolute atomic E-state index is 11.8. The first kappa shape index (κ1) is 16.5. The zero-order valence-electron chi connectivity index (χ0n) is 13.3. The Morgan fingerprint density at radius 3 is 2.26 bits per heavy atom. The number of amides is 1. The Bertz CT molecular complexity index is 652. The molecule has 120 valence electrons. The quantitative estimate of drug-likeness (QED) is 0.658. The van der Waals surface area contributed by atoms with Gasteiger partial charge in [0.2, 0.25) is 5.91 Å². The average Bonchev–Trinajstić information content (AvgIpc) is 2.54. The van der Waals surface area contributed by atoms with Crippen molar-refractivity contribution in [2.75, 3.05) is 24.3 Å². The number of carbonyl (C=O) groups is 2. The lowest BCUT2D eigenvalue weighted by molar-refractivity contribution is -0.146. The highest BCUT2D eigenvalue weighted by atomic mass is 16.5. The van der Waals surface area contributed by atoms with Crippen LogP contribution in [0.3, 0.4) is 0 Å². The molecule has 2 rings (SSSR count). The second-order valence-corrected chi connectivity index (χ2v) is 5.31. The van der Waals surface area contributed by atoms with E-state index in [0.717, 1.165) is 11.3 Å². The van der Waals surface area contributed by atoms with Crippen molar-refractivity contribution in [1.82, 2.24) is 0 Å². The van der Waals surface area contributed by atoms with Crippen LogP contribution in [0.1, 0.15) is 12.0 Å². The summed E-state index contributed by atoms with van der Waals surface area (Å²) in [6.45, 7) is 0.171. The SMILES string of the molecule is CN(C)c1ccc(NC(=O)CC(=O)OCc2ccccc2)cc1. The van der Waals surface area contributed by atoms with E-state index in [1.807, 2.05) is 61.5 Å². The van der Waals surface area contributed by atoms with Gasteiger partial charge in [-0.2, -0.15) is 0 Å². The van der Waals surface area contributed by atoms with Gasteiger partial charge in [-0.25, -0.2) is 0 Å². The molecule has 5 heteroatoms. The van der Waals surface area contributed by atoms with Gasteiger partial charge in [-0.05, 0) is 29.8 Å². The topological polar surface area (TPSA) is 58.6 Å². The van der Waals surface area contributed by atoms with Crippen LogP contribution in [0.2, 0.25) is 0 Å². The van der Waals surface area contributed by atoms with Crippen LogP contribution in [0.5, 0.6) is 0 Å². The van der Waals surface area contributed by atoms with Crippen LogP contribution in [0.4, 0.5) is 11.4 Å². The molecule has 0 unspecified atom stereocenters. The minimum absolute atomic E-state index is 0.171. The minimum atomic E-state index is -0.545. The maximum Gasteiger partial charge on any atom is 0.315 e. The molecule has 2 aromatic carbocycles. The molecule has 0 aliphatic rings. The molecule has 0 saturated heterocycles. The molecular weight excluding hydrogens is 292 g/mol. The van der Waals surface area contributed by atoms with Gasteiger partial charge in [-0.3, -0.25) is 9.59 Å². The Balaban J connectivity index is 1.78. The van der Waals surface area contributed by atoms with Gasteiger partial charge in [0.1, 0.15) is 13.0 Å². The number of rotatable bonds is 6. The molecular formula is C18H20N2O3. The van der Waals surface area contributed by atoms with Crippen molar-refractivity contribution in [3.8, 4) is 0 Å². The van der Waals surface area contributed by atoms with Crippen molar-refractivity contribution < 1.29 is 14.3 Å². The van der Waals surface area contributed by atoms with Gasteiger partial charge in [0.15, 0.2) is 0 Å². The van der Waals surface area contributed by atoms with Gasteiger partial charge in [-0.1, -0.05) is 30.3 Å². The Morgan fingerprint density at radius 2 is 1.65 bits per heavy atom. The molecule has 0 atom stereocenters. The van der Waals surface area contributed by atoms with E-state index in [9.17, 15) is 9.59 Å². The lowest BCUT2D eigenvalue weighted by Crippen LogP contribution is -2.18. The average molecular weight is 312 g/mol. The second kappa shape index (κ2) is 7.98. The molecule has 0 heterocycles. The van der Waals surface area contributed by atoms with Gasteiger partial charge >= 0.3 is 5.97 Å². The molecule has 0 fully saturated rings. The van der Waals surface area contributed by atoms with Gasteiger partial charge < -0.3 is 15.0 Å². The molecule has 0 aromatic heterocycles. The van der Waals surface area contributed by atoms with Crippen LogP contribution in [-0.4, -0.2) is 26.0 Å². The van der Waals surface area contributed by atoms with Crippen molar-refractivity contribution in [2.24, 2.45) is 0 Å². The highest BCUT2D eigenvalue weighted by Crippen LogP contribution is 2.15. The molecule has 1 amide bonds. The van der Waals surface area contributed by atoms with E-state index in [1.165, 1.54) is 0 Å². The van der Waals surface area contributed by atoms with E-state index in [4.69, 9.17) is 4.74 Å². The Kier molecular flexibility index (Phi) is 5.74. The van der Waals surface area contributed by atoms with Crippen LogP contribution in [0.15, 0.2) is 54.6 Å². The Hall–Kier alpha value is -2.82.